The predicted octanol–water partition coefficient (Wildman–Crippen LogP) is 4.53. The van der Waals surface area contributed by atoms with Crippen LogP contribution in [0.5, 0.6) is 5.75 Å². The van der Waals surface area contributed by atoms with Gasteiger partial charge in [0.15, 0.2) is 0 Å². The molecule has 3 aromatic rings. The molecule has 0 aliphatic carbocycles. The van der Waals surface area contributed by atoms with E-state index in [0.717, 1.165) is 36.6 Å². The maximum atomic E-state index is 12.4. The lowest BCUT2D eigenvalue weighted by molar-refractivity contribution is 0.103. The standard InChI is InChI=1S/C21H23ClN4O2S/c1-25-20(17(22)14-23-25)16-13-15(24-21(27)19-5-4-12-29-19)6-7-18(16)28-11-10-26-8-2-3-9-26/h4-7,12-14H,2-3,8-11H2,1H3,(H,24,27). The summed E-state index contributed by atoms with van der Waals surface area (Å²) in [7, 11) is 1.84. The summed E-state index contributed by atoms with van der Waals surface area (Å²) in [6.45, 7) is 3.77. The maximum Gasteiger partial charge on any atom is 0.265 e. The van der Waals surface area contributed by atoms with Crippen molar-refractivity contribution in [3.63, 3.8) is 0 Å². The second kappa shape index (κ2) is 8.98. The average Bonchev–Trinajstić information content (AvgIpc) is 3.46. The van der Waals surface area contributed by atoms with E-state index in [9.17, 15) is 4.79 Å². The van der Waals surface area contributed by atoms with Gasteiger partial charge in [0.05, 0.1) is 21.8 Å². The molecule has 2 aromatic heterocycles. The number of aromatic nitrogens is 2. The van der Waals surface area contributed by atoms with Crippen molar-refractivity contribution in [3.8, 4) is 17.0 Å². The number of halogens is 1. The lowest BCUT2D eigenvalue weighted by atomic mass is 10.1. The number of likely N-dealkylation sites (tertiary alicyclic amines) is 1. The molecule has 8 heteroatoms. The fraction of sp³-hybridized carbons (Fsp3) is 0.333. The van der Waals surface area contributed by atoms with E-state index in [2.05, 4.69) is 15.3 Å². The van der Waals surface area contributed by atoms with Crippen LogP contribution in [0.4, 0.5) is 5.69 Å². The number of thiophene rings is 1. The van der Waals surface area contributed by atoms with E-state index in [-0.39, 0.29) is 5.91 Å². The van der Waals surface area contributed by atoms with Crippen molar-refractivity contribution in [2.45, 2.75) is 12.8 Å². The Kier molecular flexibility index (Phi) is 6.18. The molecule has 0 unspecified atom stereocenters. The SMILES string of the molecule is Cn1ncc(Cl)c1-c1cc(NC(=O)c2cccs2)ccc1OCCN1CCCC1. The minimum Gasteiger partial charge on any atom is -0.492 e. The van der Waals surface area contributed by atoms with Gasteiger partial charge in [0, 0.05) is 24.8 Å². The molecule has 0 saturated carbocycles. The van der Waals surface area contributed by atoms with Crippen LogP contribution >= 0.6 is 22.9 Å². The third kappa shape index (κ3) is 4.63. The van der Waals surface area contributed by atoms with Gasteiger partial charge in [0.1, 0.15) is 12.4 Å². The predicted molar refractivity (Wildman–Crippen MR) is 117 cm³/mol. The van der Waals surface area contributed by atoms with Crippen molar-refractivity contribution in [1.29, 1.82) is 0 Å². The van der Waals surface area contributed by atoms with Crippen molar-refractivity contribution in [2.24, 2.45) is 7.05 Å². The molecule has 1 fully saturated rings. The number of nitrogens with zero attached hydrogens (tertiary/aromatic N) is 3. The molecule has 4 rings (SSSR count). The first-order chi connectivity index (χ1) is 14.1. The number of hydrogen-bond acceptors (Lipinski definition) is 5. The molecular weight excluding hydrogens is 408 g/mol. The summed E-state index contributed by atoms with van der Waals surface area (Å²) in [5, 5.41) is 9.61. The summed E-state index contributed by atoms with van der Waals surface area (Å²) in [5.41, 5.74) is 2.25. The number of ether oxygens (including phenoxy) is 1. The van der Waals surface area contributed by atoms with Gasteiger partial charge in [-0.2, -0.15) is 5.10 Å². The summed E-state index contributed by atoms with van der Waals surface area (Å²) < 4.78 is 7.83. The third-order valence-electron chi connectivity index (χ3n) is 5.00. The van der Waals surface area contributed by atoms with E-state index < -0.39 is 0 Å². The highest BCUT2D eigenvalue weighted by Crippen LogP contribution is 2.36. The number of amides is 1. The molecule has 3 heterocycles. The topological polar surface area (TPSA) is 59.4 Å². The maximum absolute atomic E-state index is 12.4. The van der Waals surface area contributed by atoms with Gasteiger partial charge in [-0.3, -0.25) is 14.4 Å². The first-order valence-electron chi connectivity index (χ1n) is 9.64. The number of hydrogen-bond donors (Lipinski definition) is 1. The van der Waals surface area contributed by atoms with Crippen LogP contribution in [0.3, 0.4) is 0 Å². The molecule has 1 N–H and O–H groups in total. The molecule has 1 aliphatic heterocycles. The number of nitrogens with one attached hydrogen (secondary N) is 1. The van der Waals surface area contributed by atoms with Crippen molar-refractivity contribution in [1.82, 2.24) is 14.7 Å². The summed E-state index contributed by atoms with van der Waals surface area (Å²) in [6, 6.07) is 9.28. The zero-order chi connectivity index (χ0) is 20.2. The zero-order valence-electron chi connectivity index (χ0n) is 16.2. The normalized spacial score (nSPS) is 14.3. The Balaban J connectivity index is 1.57. The molecule has 0 atom stereocenters. The smallest absolute Gasteiger partial charge is 0.265 e. The first-order valence-corrected chi connectivity index (χ1v) is 10.9. The van der Waals surface area contributed by atoms with E-state index in [1.807, 2.05) is 36.7 Å². The molecule has 1 amide bonds. The largest absolute Gasteiger partial charge is 0.492 e. The zero-order valence-corrected chi connectivity index (χ0v) is 17.8. The average molecular weight is 431 g/mol. The lowest BCUT2D eigenvalue weighted by Gasteiger charge is -2.17. The van der Waals surface area contributed by atoms with E-state index in [0.29, 0.717) is 22.2 Å². The number of benzene rings is 1. The van der Waals surface area contributed by atoms with Crippen LogP contribution in [-0.2, 0) is 7.05 Å². The third-order valence-corrected chi connectivity index (χ3v) is 6.14. The van der Waals surface area contributed by atoms with Gasteiger partial charge >= 0.3 is 0 Å². The fourth-order valence-corrected chi connectivity index (χ4v) is 4.41. The second-order valence-electron chi connectivity index (χ2n) is 7.00. The highest BCUT2D eigenvalue weighted by Gasteiger charge is 2.18. The molecule has 6 nitrogen and oxygen atoms in total. The molecule has 1 aromatic carbocycles. The summed E-state index contributed by atoms with van der Waals surface area (Å²) >= 11 is 7.80. The van der Waals surface area contributed by atoms with Gasteiger partial charge in [0.25, 0.3) is 5.91 Å². The van der Waals surface area contributed by atoms with E-state index in [1.165, 1.54) is 24.2 Å². The summed E-state index contributed by atoms with van der Waals surface area (Å²) in [6.07, 6.45) is 4.13. The van der Waals surface area contributed by atoms with Crippen molar-refractivity contribution in [2.75, 3.05) is 31.6 Å². The van der Waals surface area contributed by atoms with Gasteiger partial charge in [0.2, 0.25) is 0 Å². The Bertz CT molecular complexity index is 961. The van der Waals surface area contributed by atoms with Crippen LogP contribution in [0.1, 0.15) is 22.5 Å². The molecule has 1 aliphatic rings. The first kappa shape index (κ1) is 19.9. The number of carbonyl (C=O) groups is 1. The van der Waals surface area contributed by atoms with Crippen LogP contribution in [0.2, 0.25) is 5.02 Å². The van der Waals surface area contributed by atoms with Crippen LogP contribution < -0.4 is 10.1 Å². The minimum absolute atomic E-state index is 0.134. The van der Waals surface area contributed by atoms with Crippen molar-refractivity contribution >= 4 is 34.5 Å². The molecule has 1 saturated heterocycles. The van der Waals surface area contributed by atoms with Gasteiger partial charge in [-0.1, -0.05) is 17.7 Å². The van der Waals surface area contributed by atoms with E-state index >= 15 is 0 Å². The molecule has 152 valence electrons. The summed E-state index contributed by atoms with van der Waals surface area (Å²) in [4.78, 5) is 15.5. The Morgan fingerprint density at radius 2 is 2.14 bits per heavy atom. The van der Waals surface area contributed by atoms with Gasteiger partial charge in [-0.05, 0) is 55.6 Å². The fourth-order valence-electron chi connectivity index (χ4n) is 3.52. The highest BCUT2D eigenvalue weighted by atomic mass is 35.5. The molecule has 29 heavy (non-hydrogen) atoms. The molecular formula is C21H23ClN4O2S. The van der Waals surface area contributed by atoms with Crippen LogP contribution in [-0.4, -0.2) is 46.8 Å². The van der Waals surface area contributed by atoms with E-state index in [1.54, 1.807) is 16.9 Å². The van der Waals surface area contributed by atoms with Gasteiger partial charge < -0.3 is 10.1 Å². The minimum atomic E-state index is -0.134. The highest BCUT2D eigenvalue weighted by molar-refractivity contribution is 7.12. The lowest BCUT2D eigenvalue weighted by Crippen LogP contribution is -2.25. The van der Waals surface area contributed by atoms with E-state index in [4.69, 9.17) is 16.3 Å². The van der Waals surface area contributed by atoms with Gasteiger partial charge in [-0.15, -0.1) is 11.3 Å². The molecule has 0 radical (unpaired) electrons. The number of aryl methyl sites for hydroxylation is 1. The van der Waals surface area contributed by atoms with Gasteiger partial charge in [-0.25, -0.2) is 0 Å². The second-order valence-corrected chi connectivity index (χ2v) is 8.36. The quantitative estimate of drug-likeness (QED) is 0.598. The number of rotatable bonds is 7. The molecule has 0 spiro atoms. The monoisotopic (exact) mass is 430 g/mol. The Labute approximate surface area is 179 Å². The summed E-state index contributed by atoms with van der Waals surface area (Å²) in [5.74, 6) is 0.591. The Morgan fingerprint density at radius 1 is 1.31 bits per heavy atom. The van der Waals surface area contributed by atoms with Crippen LogP contribution in [0, 0.1) is 0 Å². The Morgan fingerprint density at radius 3 is 2.83 bits per heavy atom. The molecule has 0 bridgehead atoms. The number of carbonyl (C=O) groups excluding carboxylic acids is 1. The van der Waals surface area contributed by atoms with Crippen molar-refractivity contribution in [3.05, 3.63) is 51.8 Å². The van der Waals surface area contributed by atoms with Crippen molar-refractivity contribution < 1.29 is 9.53 Å². The van der Waals surface area contributed by atoms with Crippen LogP contribution in [0.25, 0.3) is 11.3 Å². The Hall–Kier alpha value is -2.35. The number of anilines is 1. The van der Waals surface area contributed by atoms with Crippen LogP contribution in [0.15, 0.2) is 41.9 Å².